The lowest BCUT2D eigenvalue weighted by Gasteiger charge is -2.16. The molecule has 1 aromatic heterocycles. The van der Waals surface area contributed by atoms with Gasteiger partial charge in [0.1, 0.15) is 18.8 Å². The lowest BCUT2D eigenvalue weighted by Crippen LogP contribution is -2.36. The highest BCUT2D eigenvalue weighted by molar-refractivity contribution is 7.64. The van der Waals surface area contributed by atoms with Crippen LogP contribution in [0.5, 0.6) is 0 Å². The predicted molar refractivity (Wildman–Crippen MR) is 90.0 cm³/mol. The van der Waals surface area contributed by atoms with Crippen LogP contribution in [0, 0.1) is 6.92 Å². The van der Waals surface area contributed by atoms with Crippen molar-refractivity contribution < 1.29 is 60.8 Å². The molecule has 2 heterocycles. The number of ether oxygens (including phenoxy) is 1. The minimum absolute atomic E-state index is 0.0443. The molecule has 7 atom stereocenters. The number of alkyl halides is 1. The van der Waals surface area contributed by atoms with Crippen LogP contribution in [-0.4, -0.2) is 54.7 Å². The normalized spacial score (nSPS) is 28.7. The van der Waals surface area contributed by atoms with E-state index < -0.39 is 66.4 Å². The second kappa shape index (κ2) is 9.53. The van der Waals surface area contributed by atoms with E-state index in [1.807, 2.05) is 4.98 Å². The molecule has 30 heavy (non-hydrogen) atoms. The Morgan fingerprint density at radius 2 is 1.97 bits per heavy atom. The Bertz CT molecular complexity index is 1010. The number of H-pyrrole nitrogens is 1. The van der Waals surface area contributed by atoms with Crippen LogP contribution >= 0.6 is 23.9 Å². The summed E-state index contributed by atoms with van der Waals surface area (Å²) in [5, 5.41) is 17.9. The number of hydrogen-bond acceptors (Lipinski definition) is 12. The Balaban J connectivity index is 2.02. The van der Waals surface area contributed by atoms with Gasteiger partial charge in [0.25, 0.3) is 5.56 Å². The zero-order valence-corrected chi connectivity index (χ0v) is 17.3. The van der Waals surface area contributed by atoms with Crippen LogP contribution in [0.15, 0.2) is 15.8 Å². The van der Waals surface area contributed by atoms with E-state index >= 15 is 0 Å². The van der Waals surface area contributed by atoms with Crippen molar-refractivity contribution in [1.29, 1.82) is 0 Å². The number of nitrogens with one attached hydrogen (secondary N) is 1. The first-order valence-corrected chi connectivity index (χ1v) is 11.6. The Kier molecular flexibility index (Phi) is 7.96. The molecule has 16 nitrogen and oxygen atoms in total. The fourth-order valence-corrected chi connectivity index (χ4v) is 4.92. The lowest BCUT2D eigenvalue weighted by molar-refractivity contribution is -0.157. The van der Waals surface area contributed by atoms with Gasteiger partial charge in [0.15, 0.2) is 12.4 Å². The second-order valence-corrected chi connectivity index (χ2v) is 9.73. The largest absolute Gasteiger partial charge is 0.708 e. The van der Waals surface area contributed by atoms with Gasteiger partial charge in [-0.2, -0.15) is 4.31 Å². The van der Waals surface area contributed by atoms with Crippen LogP contribution in [0.4, 0.5) is 4.39 Å². The topological polar surface area (TPSA) is 233 Å². The van der Waals surface area contributed by atoms with Crippen molar-refractivity contribution in [3.63, 3.8) is 0 Å². The van der Waals surface area contributed by atoms with Crippen molar-refractivity contribution in [2.45, 2.75) is 31.5 Å². The monoisotopic (exact) mass is 499 g/mol. The zero-order chi connectivity index (χ0) is 22.9. The number of rotatable bonds is 9. The minimum Gasteiger partial charge on any atom is -0.387 e. The third kappa shape index (κ3) is 6.17. The summed E-state index contributed by atoms with van der Waals surface area (Å²) in [7, 11) is -14.5. The summed E-state index contributed by atoms with van der Waals surface area (Å²) in [6.07, 6.45) is -6.34. The summed E-state index contributed by atoms with van der Waals surface area (Å²) in [5.74, 6) is 0. The molecule has 20 heteroatoms. The molecule has 1 aromatic rings. The van der Waals surface area contributed by atoms with E-state index in [0.717, 1.165) is 6.20 Å². The highest BCUT2D eigenvalue weighted by Crippen LogP contribution is 2.63. The number of hydrogen-bond donors (Lipinski definition) is 5. The maximum absolute atomic E-state index is 14.4. The molecule has 1 fully saturated rings. The van der Waals surface area contributed by atoms with Crippen molar-refractivity contribution in [2.24, 2.45) is 0 Å². The number of halogens is 1. The van der Waals surface area contributed by atoms with Crippen molar-refractivity contribution in [3.8, 4) is 0 Å². The van der Waals surface area contributed by atoms with E-state index in [1.54, 1.807) is 0 Å². The molecule has 5 N–H and O–H groups in total. The Morgan fingerprint density at radius 3 is 2.57 bits per heavy atom. The van der Waals surface area contributed by atoms with Gasteiger partial charge in [0.05, 0.1) is 0 Å². The SMILES string of the molecule is Cc1cn([C@H]2O[C@@H](CO[P+](=O)OP(=O)(O)OP(=O)(O)OO)[C@H](O)[C@H]2F)c(=O)[nH]c1=O. The maximum Gasteiger partial charge on any atom is 0.708 e. The Morgan fingerprint density at radius 1 is 1.33 bits per heavy atom. The van der Waals surface area contributed by atoms with E-state index in [2.05, 4.69) is 17.8 Å². The quantitative estimate of drug-likeness (QED) is 0.169. The molecule has 170 valence electrons. The molecule has 0 amide bonds. The standard InChI is InChI=1S/C10H14FN2O14P3/c1-4-2-13(10(16)12-8(4)15)9-6(11)7(14)5(24-9)3-23-28(18)26-30(21,22)27-29(19,20)25-17/h2,5-7,9,14H,3H2,1H3,(H3-,12,15,16,17,19,20,21,22)/p+1/t5-,6+,7-,9-/m0/s1. The van der Waals surface area contributed by atoms with E-state index in [0.29, 0.717) is 4.57 Å². The van der Waals surface area contributed by atoms with Crippen LogP contribution in [0.25, 0.3) is 0 Å². The van der Waals surface area contributed by atoms with Crippen molar-refractivity contribution >= 4 is 23.9 Å². The number of phosphoric acid groups is 2. The lowest BCUT2D eigenvalue weighted by atomic mass is 10.1. The van der Waals surface area contributed by atoms with Crippen LogP contribution in [0.2, 0.25) is 0 Å². The van der Waals surface area contributed by atoms with Crippen molar-refractivity contribution in [1.82, 2.24) is 9.55 Å². The first-order chi connectivity index (χ1) is 13.8. The average molecular weight is 499 g/mol. The molecule has 2 rings (SSSR count). The molecule has 0 aliphatic carbocycles. The Hall–Kier alpha value is -1.19. The number of aliphatic hydroxyl groups is 1. The van der Waals surface area contributed by atoms with Crippen LogP contribution in [-0.2, 0) is 36.3 Å². The summed E-state index contributed by atoms with van der Waals surface area (Å²) < 4.78 is 68.7. The molecule has 0 saturated carbocycles. The highest BCUT2D eigenvalue weighted by Gasteiger charge is 2.49. The average Bonchev–Trinajstić information content (AvgIpc) is 2.90. The van der Waals surface area contributed by atoms with E-state index in [4.69, 9.17) is 19.8 Å². The first kappa shape index (κ1) is 25.1. The first-order valence-electron chi connectivity index (χ1n) is 7.56. The summed E-state index contributed by atoms with van der Waals surface area (Å²) in [6, 6.07) is 0. The van der Waals surface area contributed by atoms with E-state index in [9.17, 15) is 32.8 Å². The van der Waals surface area contributed by atoms with E-state index in [-0.39, 0.29) is 5.56 Å². The minimum atomic E-state index is -5.52. The van der Waals surface area contributed by atoms with Crippen LogP contribution in [0.3, 0.4) is 0 Å². The molecule has 0 radical (unpaired) electrons. The number of aromatic nitrogens is 2. The van der Waals surface area contributed by atoms with Gasteiger partial charge in [-0.15, -0.1) is 9.20 Å². The molecule has 1 aliphatic rings. The molecule has 0 spiro atoms. The van der Waals surface area contributed by atoms with Gasteiger partial charge in [-0.05, 0) is 11.2 Å². The maximum atomic E-state index is 14.4. The summed E-state index contributed by atoms with van der Waals surface area (Å²) in [5.41, 5.74) is -1.70. The third-order valence-corrected chi connectivity index (χ3v) is 7.11. The van der Waals surface area contributed by atoms with Gasteiger partial charge in [-0.25, -0.2) is 23.6 Å². The van der Waals surface area contributed by atoms with Crippen molar-refractivity contribution in [3.05, 3.63) is 32.6 Å². The summed E-state index contributed by atoms with van der Waals surface area (Å²) in [4.78, 5) is 43.0. The molecule has 3 unspecified atom stereocenters. The van der Waals surface area contributed by atoms with Gasteiger partial charge in [-0.3, -0.25) is 19.2 Å². The van der Waals surface area contributed by atoms with Gasteiger partial charge in [0.2, 0.25) is 0 Å². The Labute approximate surface area is 165 Å². The highest BCUT2D eigenvalue weighted by atomic mass is 31.3. The number of nitrogens with zero attached hydrogens (tertiary/aromatic N) is 1. The molecule has 1 aliphatic heterocycles. The molecular weight excluding hydrogens is 484 g/mol. The van der Waals surface area contributed by atoms with Gasteiger partial charge < -0.3 is 14.7 Å². The molecule has 0 bridgehead atoms. The number of aliphatic hydroxyl groups excluding tert-OH is 1. The fraction of sp³-hybridized carbons (Fsp3) is 0.600. The van der Waals surface area contributed by atoms with Crippen molar-refractivity contribution in [2.75, 3.05) is 6.61 Å². The van der Waals surface area contributed by atoms with Crippen LogP contribution in [0.1, 0.15) is 11.8 Å². The summed E-state index contributed by atoms with van der Waals surface area (Å²) in [6.45, 7) is 0.440. The predicted octanol–water partition coefficient (Wildman–Crippen LogP) is -0.161. The van der Waals surface area contributed by atoms with Gasteiger partial charge in [-0.1, -0.05) is 0 Å². The van der Waals surface area contributed by atoms with Gasteiger partial charge >= 0.3 is 29.6 Å². The van der Waals surface area contributed by atoms with E-state index in [1.165, 1.54) is 6.92 Å². The zero-order valence-electron chi connectivity index (χ0n) is 14.6. The molecule has 1 saturated heterocycles. The second-order valence-electron chi connectivity index (χ2n) is 5.68. The van der Waals surface area contributed by atoms with Gasteiger partial charge in [0, 0.05) is 16.3 Å². The summed E-state index contributed by atoms with van der Waals surface area (Å²) >= 11 is 0. The number of aromatic amines is 1. The number of aryl methyl sites for hydroxylation is 1. The van der Waals surface area contributed by atoms with Crippen LogP contribution < -0.4 is 11.2 Å². The third-order valence-electron chi connectivity index (χ3n) is 3.54. The smallest absolute Gasteiger partial charge is 0.387 e. The molecule has 0 aromatic carbocycles. The molecular formula is C10H15FN2O14P3+. The fourth-order valence-electron chi connectivity index (χ4n) is 2.24.